The van der Waals surface area contributed by atoms with E-state index in [9.17, 15) is 0 Å². The zero-order valence-electron chi connectivity index (χ0n) is 5.44. The maximum absolute atomic E-state index is 2.80. The minimum absolute atomic E-state index is 0.792. The van der Waals surface area contributed by atoms with Crippen molar-refractivity contribution in [1.82, 2.24) is 0 Å². The van der Waals surface area contributed by atoms with Gasteiger partial charge >= 0.3 is 0 Å². The van der Waals surface area contributed by atoms with Crippen molar-refractivity contribution in [2.24, 2.45) is 0 Å². The standard InChI is InChI=1S/C5H14BP/c1-4(6)3-5(2)7/h4-5H,3,6-7H2,1-2H3/t4?,5-/m0/s1. The normalized spacial score (nSPS) is 18.7. The van der Waals surface area contributed by atoms with Gasteiger partial charge in [-0.25, -0.2) is 0 Å². The fourth-order valence-corrected chi connectivity index (χ4v) is 1.29. The van der Waals surface area contributed by atoms with Crippen LogP contribution in [0.1, 0.15) is 20.3 Å². The summed E-state index contributed by atoms with van der Waals surface area (Å²) in [6.07, 6.45) is 1.32. The van der Waals surface area contributed by atoms with E-state index < -0.39 is 0 Å². The Morgan fingerprint density at radius 1 is 1.57 bits per heavy atom. The smallest absolute Gasteiger partial charge is 0.105 e. The van der Waals surface area contributed by atoms with Crippen molar-refractivity contribution in [3.05, 3.63) is 0 Å². The summed E-state index contributed by atoms with van der Waals surface area (Å²) >= 11 is 0. The second kappa shape index (κ2) is 3.49. The molecule has 0 aromatic carbocycles. The van der Waals surface area contributed by atoms with E-state index in [-0.39, 0.29) is 0 Å². The van der Waals surface area contributed by atoms with Crippen LogP contribution < -0.4 is 0 Å². The summed E-state index contributed by atoms with van der Waals surface area (Å²) in [6, 6.07) is 0. The Bertz CT molecular complexity index is 37.3. The van der Waals surface area contributed by atoms with Gasteiger partial charge in [0.25, 0.3) is 0 Å². The van der Waals surface area contributed by atoms with E-state index >= 15 is 0 Å². The van der Waals surface area contributed by atoms with Gasteiger partial charge in [-0.1, -0.05) is 26.1 Å². The van der Waals surface area contributed by atoms with Crippen molar-refractivity contribution in [1.29, 1.82) is 0 Å². The van der Waals surface area contributed by atoms with Crippen LogP contribution in [0.5, 0.6) is 0 Å². The third-order valence-electron chi connectivity index (χ3n) is 0.843. The van der Waals surface area contributed by atoms with Gasteiger partial charge < -0.3 is 0 Å². The number of hydrogen-bond acceptors (Lipinski definition) is 0. The summed E-state index contributed by atoms with van der Waals surface area (Å²) in [5.74, 6) is 0.854. The van der Waals surface area contributed by atoms with Crippen molar-refractivity contribution in [3.8, 4) is 0 Å². The van der Waals surface area contributed by atoms with Crippen molar-refractivity contribution in [2.45, 2.75) is 31.7 Å². The lowest BCUT2D eigenvalue weighted by Gasteiger charge is -2.05. The van der Waals surface area contributed by atoms with Crippen LogP contribution in [0.4, 0.5) is 0 Å². The molecular weight excluding hydrogens is 102 g/mol. The topological polar surface area (TPSA) is 0 Å². The number of hydrogen-bond donors (Lipinski definition) is 0. The van der Waals surface area contributed by atoms with Crippen LogP contribution in [0, 0.1) is 0 Å². The second-order valence-corrected chi connectivity index (χ2v) is 3.74. The molecule has 2 unspecified atom stereocenters. The Kier molecular flexibility index (Phi) is 3.74. The summed E-state index contributed by atoms with van der Waals surface area (Å²) in [7, 11) is 5.05. The van der Waals surface area contributed by atoms with Crippen molar-refractivity contribution in [2.75, 3.05) is 0 Å². The lowest BCUT2D eigenvalue weighted by atomic mass is 9.86. The Balaban J connectivity index is 2.95. The van der Waals surface area contributed by atoms with E-state index in [1.807, 2.05) is 0 Å². The lowest BCUT2D eigenvalue weighted by molar-refractivity contribution is 0.785. The first-order valence-corrected chi connectivity index (χ1v) is 3.55. The molecule has 0 radical (unpaired) electrons. The molecular formula is C5H14BP. The van der Waals surface area contributed by atoms with Crippen molar-refractivity contribution < 1.29 is 0 Å². The van der Waals surface area contributed by atoms with Gasteiger partial charge in [0.15, 0.2) is 0 Å². The van der Waals surface area contributed by atoms with Crippen LogP contribution in [0.25, 0.3) is 0 Å². The molecule has 42 valence electrons. The fraction of sp³-hybridized carbons (Fsp3) is 1.00. The molecule has 0 rings (SSSR count). The molecule has 0 aromatic heterocycles. The van der Waals surface area contributed by atoms with Gasteiger partial charge in [-0.2, -0.15) is 0 Å². The Morgan fingerprint density at radius 2 is 2.00 bits per heavy atom. The molecule has 0 saturated carbocycles. The van der Waals surface area contributed by atoms with Gasteiger partial charge in [0, 0.05) is 0 Å². The largest absolute Gasteiger partial charge is 0.135 e. The minimum Gasteiger partial charge on any atom is -0.135 e. The molecule has 0 amide bonds. The van der Waals surface area contributed by atoms with Gasteiger partial charge in [0.05, 0.1) is 0 Å². The Labute approximate surface area is 49.7 Å². The molecule has 0 aliphatic carbocycles. The predicted octanol–water partition coefficient (Wildman–Crippen LogP) is 1.08. The van der Waals surface area contributed by atoms with E-state index in [0.29, 0.717) is 0 Å². The molecule has 0 heterocycles. The quantitative estimate of drug-likeness (QED) is 0.374. The summed E-state index contributed by atoms with van der Waals surface area (Å²) < 4.78 is 0. The van der Waals surface area contributed by atoms with Gasteiger partial charge in [-0.3, -0.25) is 0 Å². The first kappa shape index (κ1) is 7.49. The van der Waals surface area contributed by atoms with Crippen LogP contribution in [0.15, 0.2) is 0 Å². The first-order chi connectivity index (χ1) is 3.13. The molecule has 0 N–H and O–H groups in total. The molecule has 7 heavy (non-hydrogen) atoms. The monoisotopic (exact) mass is 116 g/mol. The fourth-order valence-electron chi connectivity index (χ4n) is 0.744. The van der Waals surface area contributed by atoms with E-state index in [4.69, 9.17) is 0 Å². The molecule has 0 bridgehead atoms. The van der Waals surface area contributed by atoms with Crippen LogP contribution in [-0.2, 0) is 0 Å². The minimum atomic E-state index is 0.792. The average Bonchev–Trinajstić information content (AvgIpc) is 1.27. The summed E-state index contributed by atoms with van der Waals surface area (Å²) in [6.45, 7) is 4.48. The highest BCUT2D eigenvalue weighted by molar-refractivity contribution is 7.17. The molecule has 3 atom stereocenters. The SMILES string of the molecule is BC(C)C[C@H](C)P. The Hall–Kier alpha value is 0.495. The van der Waals surface area contributed by atoms with Gasteiger partial charge in [0.1, 0.15) is 7.85 Å². The highest BCUT2D eigenvalue weighted by Crippen LogP contribution is 2.12. The maximum atomic E-state index is 2.80. The van der Waals surface area contributed by atoms with Crippen molar-refractivity contribution >= 4 is 17.1 Å². The van der Waals surface area contributed by atoms with E-state index in [1.54, 1.807) is 0 Å². The zero-order chi connectivity index (χ0) is 5.86. The highest BCUT2D eigenvalue weighted by atomic mass is 31.0. The van der Waals surface area contributed by atoms with Gasteiger partial charge in [0.2, 0.25) is 0 Å². The second-order valence-electron chi connectivity index (χ2n) is 2.61. The number of rotatable bonds is 2. The van der Waals surface area contributed by atoms with E-state index in [2.05, 4.69) is 30.9 Å². The summed E-state index contributed by atoms with van der Waals surface area (Å²) in [5, 5.41) is 0. The predicted molar refractivity (Wildman–Crippen MR) is 41.8 cm³/mol. The molecule has 0 aliphatic heterocycles. The van der Waals surface area contributed by atoms with Crippen LogP contribution in [0.2, 0.25) is 5.82 Å². The molecule has 0 nitrogen and oxygen atoms in total. The first-order valence-electron chi connectivity index (χ1n) is 2.88. The van der Waals surface area contributed by atoms with E-state index in [1.165, 1.54) is 6.42 Å². The molecule has 0 aromatic rings. The molecule has 2 heteroatoms. The zero-order valence-corrected chi connectivity index (χ0v) is 6.59. The molecule has 0 aliphatic rings. The summed E-state index contributed by atoms with van der Waals surface area (Å²) in [5.41, 5.74) is 0.792. The molecule has 0 spiro atoms. The Morgan fingerprint density at radius 3 is 2.00 bits per heavy atom. The van der Waals surface area contributed by atoms with Crippen LogP contribution in [-0.4, -0.2) is 13.5 Å². The third kappa shape index (κ3) is 6.49. The molecule has 0 fully saturated rings. The summed E-state index contributed by atoms with van der Waals surface area (Å²) in [4.78, 5) is 0. The van der Waals surface area contributed by atoms with Gasteiger partial charge in [-0.15, -0.1) is 9.24 Å². The maximum Gasteiger partial charge on any atom is 0.105 e. The highest BCUT2D eigenvalue weighted by Gasteiger charge is 1.96. The third-order valence-corrected chi connectivity index (χ3v) is 1.12. The van der Waals surface area contributed by atoms with Gasteiger partial charge in [-0.05, 0) is 5.66 Å². The van der Waals surface area contributed by atoms with Crippen LogP contribution in [0.3, 0.4) is 0 Å². The van der Waals surface area contributed by atoms with Crippen LogP contribution >= 0.6 is 9.24 Å². The lowest BCUT2D eigenvalue weighted by Crippen LogP contribution is -1.94. The van der Waals surface area contributed by atoms with Crippen molar-refractivity contribution in [3.63, 3.8) is 0 Å². The average molecular weight is 116 g/mol. The van der Waals surface area contributed by atoms with E-state index in [0.717, 1.165) is 11.5 Å². The molecule has 0 saturated heterocycles.